The van der Waals surface area contributed by atoms with Gasteiger partial charge in [-0.25, -0.2) is 0 Å². The highest BCUT2D eigenvalue weighted by molar-refractivity contribution is 5.94. The molecule has 2 heterocycles. The number of benzene rings is 1. The molecule has 14 heteroatoms. The summed E-state index contributed by atoms with van der Waals surface area (Å²) in [5, 5.41) is 17.1. The summed E-state index contributed by atoms with van der Waals surface area (Å²) in [6, 6.07) is 4.85. The number of carbonyl (C=O) groups is 6. The summed E-state index contributed by atoms with van der Waals surface area (Å²) in [5.41, 5.74) is 2.36. The van der Waals surface area contributed by atoms with Gasteiger partial charge in [-0.3, -0.25) is 28.8 Å². The lowest BCUT2D eigenvalue weighted by Crippen LogP contribution is -2.55. The van der Waals surface area contributed by atoms with Gasteiger partial charge in [-0.1, -0.05) is 36.1 Å². The molecule has 1 aromatic carbocycles. The Bertz CT molecular complexity index is 1630. The second kappa shape index (κ2) is 20.4. The minimum Gasteiger partial charge on any atom is -0.353 e. The van der Waals surface area contributed by atoms with Crippen LogP contribution in [0.3, 0.4) is 0 Å². The van der Waals surface area contributed by atoms with Crippen molar-refractivity contribution in [2.75, 3.05) is 40.3 Å². The zero-order chi connectivity index (χ0) is 38.3. The van der Waals surface area contributed by atoms with E-state index in [1.54, 1.807) is 32.8 Å². The minimum atomic E-state index is -0.965. The smallest absolute Gasteiger partial charge is 0.246 e. The fourth-order valence-corrected chi connectivity index (χ4v) is 6.86. The van der Waals surface area contributed by atoms with E-state index in [0.717, 1.165) is 24.8 Å². The first-order valence-corrected chi connectivity index (χ1v) is 18.7. The molecule has 0 unspecified atom stereocenters. The number of hydrogen-bond acceptors (Lipinski definition) is 8. The Morgan fingerprint density at radius 1 is 0.792 bits per heavy atom. The lowest BCUT2D eigenvalue weighted by atomic mass is 9.87. The third-order valence-electron chi connectivity index (χ3n) is 10.2. The molecule has 2 aliphatic heterocycles. The van der Waals surface area contributed by atoms with Gasteiger partial charge >= 0.3 is 0 Å². The predicted octanol–water partition coefficient (Wildman–Crippen LogP) is -0.118. The summed E-state index contributed by atoms with van der Waals surface area (Å²) in [5.74, 6) is 9.49. The molecule has 0 bridgehead atoms. The minimum absolute atomic E-state index is 0.00707. The second-order valence-corrected chi connectivity index (χ2v) is 13.7. The molecule has 2 fully saturated rings. The van der Waals surface area contributed by atoms with Gasteiger partial charge in [-0.15, -0.1) is 0 Å². The van der Waals surface area contributed by atoms with E-state index in [1.807, 2.05) is 12.1 Å². The predicted molar refractivity (Wildman–Crippen MR) is 200 cm³/mol. The zero-order valence-corrected chi connectivity index (χ0v) is 31.3. The fraction of sp³-hybridized carbons (Fsp3) is 0.590. The molecule has 6 atom stereocenters. The number of carbonyl (C=O) groups excluding carboxylic acids is 6. The summed E-state index contributed by atoms with van der Waals surface area (Å²) in [6.07, 6.45) is 5.57. The molecule has 53 heavy (non-hydrogen) atoms. The number of aryl methyl sites for hydroxylation is 1. The highest BCUT2D eigenvalue weighted by Crippen LogP contribution is 2.30. The van der Waals surface area contributed by atoms with Gasteiger partial charge in [-0.05, 0) is 95.9 Å². The van der Waals surface area contributed by atoms with Crippen LogP contribution in [0.25, 0.3) is 0 Å². The molecule has 1 aliphatic carbocycles. The molecule has 3 aliphatic rings. The van der Waals surface area contributed by atoms with Crippen molar-refractivity contribution in [2.45, 2.75) is 108 Å². The number of likely N-dealkylation sites (N-methyl/N-ethyl adjacent to an activating group) is 2. The molecule has 0 aromatic heterocycles. The van der Waals surface area contributed by atoms with Crippen molar-refractivity contribution in [1.29, 1.82) is 0 Å². The molecule has 4 rings (SSSR count). The van der Waals surface area contributed by atoms with E-state index in [1.165, 1.54) is 10.5 Å². The van der Waals surface area contributed by atoms with Gasteiger partial charge in [0.25, 0.3) is 0 Å². The van der Waals surface area contributed by atoms with E-state index in [-0.39, 0.29) is 61.0 Å². The van der Waals surface area contributed by atoms with Crippen molar-refractivity contribution in [2.24, 2.45) is 0 Å². The van der Waals surface area contributed by atoms with Crippen LogP contribution >= 0.6 is 0 Å². The van der Waals surface area contributed by atoms with Gasteiger partial charge in [0.2, 0.25) is 35.4 Å². The molecule has 0 spiro atoms. The Balaban J connectivity index is 1.29. The summed E-state index contributed by atoms with van der Waals surface area (Å²) in [6.45, 7) is 4.32. The van der Waals surface area contributed by atoms with Crippen LogP contribution in [-0.2, 0) is 35.2 Å². The number of nitrogens with one attached hydrogen (secondary N) is 6. The van der Waals surface area contributed by atoms with E-state index in [2.05, 4.69) is 67.7 Å². The van der Waals surface area contributed by atoms with E-state index in [4.69, 9.17) is 0 Å². The van der Waals surface area contributed by atoms with Gasteiger partial charge in [0, 0.05) is 32.5 Å². The lowest BCUT2D eigenvalue weighted by molar-refractivity contribution is -0.141. The standard InChI is InChI=1S/C39H54N8O6/c1-26(40-3)35(49)43-25-34(48)46-23-13-20-32(46)37(51)42-22-11-7-5-6-8-18-31(45-36(50)27(2)41-4)39(53)47-24-14-21-33(47)38(52)44-30-19-12-16-28-15-9-10-17-29(28)30/h9-10,15,17,26-27,30-33,40-41H,11-14,16,18-25H2,1-4H3,(H,42,51)(H,43,49)(H,44,52)(H,45,50)/t26-,27-,30+,31-,32-,33-/m0/s1. The highest BCUT2D eigenvalue weighted by atomic mass is 16.2. The molecule has 6 amide bonds. The van der Waals surface area contributed by atoms with Gasteiger partial charge in [-0.2, -0.15) is 0 Å². The van der Waals surface area contributed by atoms with Gasteiger partial charge in [0.15, 0.2) is 0 Å². The first-order valence-electron chi connectivity index (χ1n) is 18.7. The number of hydrogen-bond donors (Lipinski definition) is 6. The normalized spacial score (nSPS) is 20.6. The largest absolute Gasteiger partial charge is 0.353 e. The number of fused-ring (bicyclic) bond motifs is 1. The van der Waals surface area contributed by atoms with Gasteiger partial charge < -0.3 is 41.7 Å². The van der Waals surface area contributed by atoms with Crippen LogP contribution in [0, 0.1) is 23.7 Å². The Hall–Kier alpha value is -4.92. The molecule has 1 aromatic rings. The number of amides is 6. The summed E-state index contributed by atoms with van der Waals surface area (Å²) in [4.78, 5) is 80.8. The van der Waals surface area contributed by atoms with E-state index < -0.39 is 30.2 Å². The monoisotopic (exact) mass is 730 g/mol. The van der Waals surface area contributed by atoms with Crippen LogP contribution in [0.5, 0.6) is 0 Å². The summed E-state index contributed by atoms with van der Waals surface area (Å²) >= 11 is 0. The van der Waals surface area contributed by atoms with Crippen molar-refractivity contribution in [3.8, 4) is 23.7 Å². The average molecular weight is 731 g/mol. The number of likely N-dealkylation sites (tertiary alicyclic amines) is 2. The number of rotatable bonds is 14. The summed E-state index contributed by atoms with van der Waals surface area (Å²) in [7, 11) is 3.31. The van der Waals surface area contributed by atoms with Crippen molar-refractivity contribution < 1.29 is 28.8 Å². The van der Waals surface area contributed by atoms with Crippen LogP contribution in [-0.4, -0.2) is 116 Å². The van der Waals surface area contributed by atoms with Crippen molar-refractivity contribution in [3.63, 3.8) is 0 Å². The Morgan fingerprint density at radius 3 is 2.19 bits per heavy atom. The second-order valence-electron chi connectivity index (χ2n) is 13.7. The van der Waals surface area contributed by atoms with Crippen LogP contribution in [0.2, 0.25) is 0 Å². The Kier molecular flexibility index (Phi) is 15.7. The first kappa shape index (κ1) is 40.8. The first-order chi connectivity index (χ1) is 25.5. The molecular weight excluding hydrogens is 676 g/mol. The molecule has 0 radical (unpaired) electrons. The van der Waals surface area contributed by atoms with E-state index >= 15 is 0 Å². The quantitative estimate of drug-likeness (QED) is 0.113. The maximum atomic E-state index is 13.9. The molecule has 286 valence electrons. The Morgan fingerprint density at radius 2 is 1.45 bits per heavy atom. The van der Waals surface area contributed by atoms with Crippen molar-refractivity contribution >= 4 is 35.4 Å². The van der Waals surface area contributed by atoms with Crippen LogP contribution in [0.1, 0.15) is 82.4 Å². The average Bonchev–Trinajstić information content (AvgIpc) is 3.88. The number of nitrogens with zero attached hydrogens (tertiary/aromatic N) is 2. The van der Waals surface area contributed by atoms with Gasteiger partial charge in [0.05, 0.1) is 24.7 Å². The van der Waals surface area contributed by atoms with Crippen molar-refractivity contribution in [1.82, 2.24) is 41.7 Å². The maximum absolute atomic E-state index is 13.9. The lowest BCUT2D eigenvalue weighted by Gasteiger charge is -2.31. The third-order valence-corrected chi connectivity index (χ3v) is 10.2. The highest BCUT2D eigenvalue weighted by Gasteiger charge is 2.39. The molecular formula is C39H54N8O6. The SMILES string of the molecule is CN[C@@H](C)C(=O)NCC(=O)N1CCC[C@H]1C(=O)NCCC#CC#CC[C@H](NC(=O)[C@H](C)NC)C(=O)N1CCC[C@H]1C(=O)N[C@@H]1CCCc2ccccc21. The van der Waals surface area contributed by atoms with E-state index in [0.29, 0.717) is 45.2 Å². The van der Waals surface area contributed by atoms with Crippen LogP contribution < -0.4 is 31.9 Å². The zero-order valence-electron chi connectivity index (χ0n) is 31.3. The third kappa shape index (κ3) is 11.3. The topological polar surface area (TPSA) is 181 Å². The molecule has 6 N–H and O–H groups in total. The Labute approximate surface area is 312 Å². The summed E-state index contributed by atoms with van der Waals surface area (Å²) < 4.78 is 0. The fourth-order valence-electron chi connectivity index (χ4n) is 6.86. The molecule has 2 saturated heterocycles. The molecule has 0 saturated carbocycles. The van der Waals surface area contributed by atoms with Crippen molar-refractivity contribution in [3.05, 3.63) is 35.4 Å². The van der Waals surface area contributed by atoms with Crippen LogP contribution in [0.15, 0.2) is 24.3 Å². The van der Waals surface area contributed by atoms with Gasteiger partial charge in [0.1, 0.15) is 18.1 Å². The molecule has 14 nitrogen and oxygen atoms in total. The maximum Gasteiger partial charge on any atom is 0.246 e. The van der Waals surface area contributed by atoms with Crippen LogP contribution in [0.4, 0.5) is 0 Å². The van der Waals surface area contributed by atoms with E-state index in [9.17, 15) is 28.8 Å².